The van der Waals surface area contributed by atoms with Crippen LogP contribution in [0.5, 0.6) is 0 Å². The summed E-state index contributed by atoms with van der Waals surface area (Å²) >= 11 is 0. The van der Waals surface area contributed by atoms with Gasteiger partial charge in [-0.1, -0.05) is 32.0 Å². The summed E-state index contributed by atoms with van der Waals surface area (Å²) < 4.78 is 0. The molecular weight excluding hydrogens is 386 g/mol. The molecule has 31 heavy (non-hydrogen) atoms. The van der Waals surface area contributed by atoms with Gasteiger partial charge in [-0.25, -0.2) is 0 Å². The number of carbonyl (C=O) groups excluding carboxylic acids is 1. The van der Waals surface area contributed by atoms with E-state index in [0.717, 1.165) is 61.5 Å². The van der Waals surface area contributed by atoms with E-state index in [-0.39, 0.29) is 5.57 Å². The molecule has 0 atom stereocenters. The number of nitrogens with one attached hydrogen (secondary N) is 2. The quantitative estimate of drug-likeness (QED) is 0.526. The van der Waals surface area contributed by atoms with Crippen LogP contribution >= 0.6 is 0 Å². The Kier molecular flexibility index (Phi) is 7.69. The Bertz CT molecular complexity index is 944. The van der Waals surface area contributed by atoms with Gasteiger partial charge < -0.3 is 20.4 Å². The highest BCUT2D eigenvalue weighted by atomic mass is 16.1. The van der Waals surface area contributed by atoms with E-state index in [1.165, 1.54) is 11.9 Å². The number of likely N-dealkylation sites (N-methyl/N-ethyl adjacent to an activating group) is 1. The van der Waals surface area contributed by atoms with Gasteiger partial charge >= 0.3 is 0 Å². The van der Waals surface area contributed by atoms with E-state index >= 15 is 0 Å². The van der Waals surface area contributed by atoms with E-state index in [1.54, 1.807) is 0 Å². The smallest absolute Gasteiger partial charge is 0.267 e. The molecular formula is C25H31N5O. The van der Waals surface area contributed by atoms with Crippen LogP contribution in [0.2, 0.25) is 0 Å². The molecule has 0 aliphatic carbocycles. The van der Waals surface area contributed by atoms with Gasteiger partial charge in [0.25, 0.3) is 5.91 Å². The van der Waals surface area contributed by atoms with Crippen LogP contribution < -0.4 is 15.5 Å². The molecule has 162 valence electrons. The second-order valence-electron chi connectivity index (χ2n) is 7.76. The fourth-order valence-corrected chi connectivity index (χ4v) is 3.72. The van der Waals surface area contributed by atoms with Crippen molar-refractivity contribution in [3.63, 3.8) is 0 Å². The first kappa shape index (κ1) is 22.4. The molecule has 0 spiro atoms. The van der Waals surface area contributed by atoms with Gasteiger partial charge in [0.1, 0.15) is 11.6 Å². The highest BCUT2D eigenvalue weighted by Gasteiger charge is 2.15. The second-order valence-corrected chi connectivity index (χ2v) is 7.76. The second kappa shape index (κ2) is 10.6. The van der Waals surface area contributed by atoms with Crippen molar-refractivity contribution in [3.8, 4) is 6.07 Å². The van der Waals surface area contributed by atoms with Crippen LogP contribution in [-0.4, -0.2) is 44.0 Å². The first-order valence-corrected chi connectivity index (χ1v) is 10.9. The van der Waals surface area contributed by atoms with E-state index in [1.807, 2.05) is 36.4 Å². The number of hydrogen-bond donors (Lipinski definition) is 2. The van der Waals surface area contributed by atoms with E-state index in [0.29, 0.717) is 0 Å². The van der Waals surface area contributed by atoms with Gasteiger partial charge in [-0.05, 0) is 55.3 Å². The Morgan fingerprint density at radius 1 is 1.03 bits per heavy atom. The molecule has 1 aliphatic rings. The lowest BCUT2D eigenvalue weighted by Crippen LogP contribution is -2.44. The van der Waals surface area contributed by atoms with Gasteiger partial charge in [0.15, 0.2) is 0 Å². The number of aryl methyl sites for hydroxylation is 2. The van der Waals surface area contributed by atoms with Gasteiger partial charge in [-0.2, -0.15) is 5.26 Å². The van der Waals surface area contributed by atoms with Gasteiger partial charge in [-0.15, -0.1) is 0 Å². The molecule has 2 aromatic rings. The summed E-state index contributed by atoms with van der Waals surface area (Å²) in [6, 6.07) is 16.1. The molecule has 1 aliphatic heterocycles. The van der Waals surface area contributed by atoms with Crippen molar-refractivity contribution in [2.45, 2.75) is 26.7 Å². The fraction of sp³-hybridized carbons (Fsp3) is 0.360. The first-order valence-electron chi connectivity index (χ1n) is 10.9. The van der Waals surface area contributed by atoms with Gasteiger partial charge in [0, 0.05) is 49.4 Å². The maximum absolute atomic E-state index is 12.7. The molecule has 6 nitrogen and oxygen atoms in total. The maximum Gasteiger partial charge on any atom is 0.267 e. The third kappa shape index (κ3) is 5.65. The molecule has 1 amide bonds. The van der Waals surface area contributed by atoms with Crippen LogP contribution in [-0.2, 0) is 17.6 Å². The van der Waals surface area contributed by atoms with Gasteiger partial charge in [0.05, 0.1) is 0 Å². The molecule has 0 bridgehead atoms. The molecule has 1 saturated heterocycles. The number of benzene rings is 2. The van der Waals surface area contributed by atoms with Crippen molar-refractivity contribution < 1.29 is 4.79 Å². The Labute approximate surface area is 185 Å². The summed E-state index contributed by atoms with van der Waals surface area (Å²) in [6.45, 7) is 8.26. The number of nitriles is 1. The average Bonchev–Trinajstić information content (AvgIpc) is 2.80. The number of para-hydroxylation sites is 1. The largest absolute Gasteiger partial charge is 0.369 e. The van der Waals surface area contributed by atoms with Crippen molar-refractivity contribution in [2.75, 3.05) is 48.8 Å². The Morgan fingerprint density at radius 3 is 2.19 bits per heavy atom. The average molecular weight is 418 g/mol. The van der Waals surface area contributed by atoms with Gasteiger partial charge in [-0.3, -0.25) is 4.79 Å². The van der Waals surface area contributed by atoms with Crippen LogP contribution in [0.25, 0.3) is 0 Å². The fourth-order valence-electron chi connectivity index (χ4n) is 3.72. The number of rotatable bonds is 7. The van der Waals surface area contributed by atoms with Crippen LogP contribution in [0, 0.1) is 11.3 Å². The molecule has 1 fully saturated rings. The van der Waals surface area contributed by atoms with E-state index in [9.17, 15) is 10.1 Å². The Hall–Kier alpha value is -3.30. The summed E-state index contributed by atoms with van der Waals surface area (Å²) in [5.41, 5.74) is 5.01. The number of anilines is 3. The van der Waals surface area contributed by atoms with Crippen LogP contribution in [0.4, 0.5) is 17.1 Å². The lowest BCUT2D eigenvalue weighted by Gasteiger charge is -2.34. The van der Waals surface area contributed by atoms with Crippen molar-refractivity contribution in [3.05, 3.63) is 65.4 Å². The molecule has 0 aromatic heterocycles. The van der Waals surface area contributed by atoms with Crippen molar-refractivity contribution >= 4 is 23.0 Å². The highest BCUT2D eigenvalue weighted by Crippen LogP contribution is 2.23. The van der Waals surface area contributed by atoms with Crippen LogP contribution in [0.1, 0.15) is 25.0 Å². The summed E-state index contributed by atoms with van der Waals surface area (Å²) in [6.07, 6.45) is 3.10. The molecule has 2 N–H and O–H groups in total. The van der Waals surface area contributed by atoms with E-state index in [4.69, 9.17) is 0 Å². The number of nitrogens with zero attached hydrogens (tertiary/aromatic N) is 3. The Balaban J connectivity index is 1.67. The van der Waals surface area contributed by atoms with E-state index < -0.39 is 5.91 Å². The van der Waals surface area contributed by atoms with Gasteiger partial charge in [0.2, 0.25) is 0 Å². The number of amides is 1. The van der Waals surface area contributed by atoms with Crippen LogP contribution in [0.3, 0.4) is 0 Å². The minimum atomic E-state index is -0.403. The van der Waals surface area contributed by atoms with Crippen LogP contribution in [0.15, 0.2) is 54.2 Å². The minimum absolute atomic E-state index is 0.0381. The monoisotopic (exact) mass is 417 g/mol. The number of hydrogen-bond acceptors (Lipinski definition) is 5. The predicted molar refractivity (Wildman–Crippen MR) is 127 cm³/mol. The topological polar surface area (TPSA) is 71.4 Å². The van der Waals surface area contributed by atoms with Crippen molar-refractivity contribution in [1.82, 2.24) is 4.90 Å². The molecule has 0 radical (unpaired) electrons. The lowest BCUT2D eigenvalue weighted by molar-refractivity contribution is -0.112. The minimum Gasteiger partial charge on any atom is -0.369 e. The zero-order chi connectivity index (χ0) is 22.2. The summed E-state index contributed by atoms with van der Waals surface area (Å²) in [5, 5.41) is 15.5. The molecule has 0 unspecified atom stereocenters. The van der Waals surface area contributed by atoms with E-state index in [2.05, 4.69) is 53.5 Å². The summed E-state index contributed by atoms with van der Waals surface area (Å²) in [5.74, 6) is -0.403. The standard InChI is InChI=1S/C25H31N5O/c1-4-19-7-6-8-20(5-2)24(19)28-25(31)21(17-26)18-27-22-9-11-23(12-10-22)30-15-13-29(3)14-16-30/h6-12,18,27H,4-5,13-16H2,1-3H3,(H,28,31)/b21-18-. The molecule has 3 rings (SSSR count). The molecule has 6 heteroatoms. The number of piperazine rings is 1. The Morgan fingerprint density at radius 2 is 1.65 bits per heavy atom. The molecule has 2 aromatic carbocycles. The predicted octanol–water partition coefficient (Wildman–Crippen LogP) is 4.02. The summed E-state index contributed by atoms with van der Waals surface area (Å²) in [7, 11) is 2.14. The van der Waals surface area contributed by atoms with Crippen molar-refractivity contribution in [1.29, 1.82) is 5.26 Å². The molecule has 0 saturated carbocycles. The molecule has 1 heterocycles. The zero-order valence-electron chi connectivity index (χ0n) is 18.6. The third-order valence-electron chi connectivity index (χ3n) is 5.72. The first-order chi connectivity index (χ1) is 15.0. The normalized spacial score (nSPS) is 14.8. The highest BCUT2D eigenvalue weighted by molar-refractivity contribution is 6.07. The number of carbonyl (C=O) groups is 1. The SMILES string of the molecule is CCc1cccc(CC)c1NC(=O)/C(C#N)=C\Nc1ccc(N2CCN(C)CC2)cc1. The maximum atomic E-state index is 12.7. The summed E-state index contributed by atoms with van der Waals surface area (Å²) in [4.78, 5) is 17.4. The lowest BCUT2D eigenvalue weighted by atomic mass is 10.0. The third-order valence-corrected chi connectivity index (χ3v) is 5.72. The zero-order valence-corrected chi connectivity index (χ0v) is 18.6. The van der Waals surface area contributed by atoms with Crippen molar-refractivity contribution in [2.24, 2.45) is 0 Å².